The van der Waals surface area contributed by atoms with Crippen molar-refractivity contribution in [3.05, 3.63) is 35.0 Å². The minimum Gasteiger partial charge on any atom is -0.493 e. The Labute approximate surface area is 106 Å². The first-order valence-electron chi connectivity index (χ1n) is 6.22. The summed E-state index contributed by atoms with van der Waals surface area (Å²) < 4.78 is 5.80. The van der Waals surface area contributed by atoms with E-state index in [1.165, 1.54) is 0 Å². The van der Waals surface area contributed by atoms with E-state index in [1.807, 2.05) is 45.0 Å². The van der Waals surface area contributed by atoms with Crippen LogP contribution in [0, 0.1) is 11.1 Å². The van der Waals surface area contributed by atoms with Crippen LogP contribution < -0.4 is 4.74 Å². The molecule has 0 radical (unpaired) electrons. The number of rotatable bonds is 0. The smallest absolute Gasteiger partial charge is 0.226 e. The summed E-state index contributed by atoms with van der Waals surface area (Å²) in [6.45, 7) is 6.31. The summed E-state index contributed by atoms with van der Waals surface area (Å²) in [7, 11) is 0. The van der Waals surface area contributed by atoms with Gasteiger partial charge in [-0.05, 0) is 19.9 Å². The number of para-hydroxylation sites is 1. The largest absolute Gasteiger partial charge is 0.493 e. The zero-order chi connectivity index (χ0) is 12.9. The molecule has 0 saturated heterocycles. The third-order valence-electron chi connectivity index (χ3n) is 4.02. The van der Waals surface area contributed by atoms with Crippen LogP contribution in [0.4, 0.5) is 0 Å². The van der Waals surface area contributed by atoms with E-state index < -0.39 is 5.60 Å². The van der Waals surface area contributed by atoms with Gasteiger partial charge < -0.3 is 9.57 Å². The second kappa shape index (κ2) is 3.64. The highest BCUT2D eigenvalue weighted by Crippen LogP contribution is 2.45. The number of ether oxygens (including phenoxy) is 1. The summed E-state index contributed by atoms with van der Waals surface area (Å²) in [6.07, 6.45) is 0. The highest BCUT2D eigenvalue weighted by molar-refractivity contribution is 5.86. The molecular weight excluding hydrogens is 230 g/mol. The fourth-order valence-electron chi connectivity index (χ4n) is 2.95. The Hall–Kier alpha value is -1.71. The van der Waals surface area contributed by atoms with Crippen LogP contribution in [0.2, 0.25) is 0 Å². The Balaban J connectivity index is 2.17. The average Bonchev–Trinajstić information content (AvgIpc) is 2.34. The van der Waals surface area contributed by atoms with Crippen LogP contribution in [-0.2, 0) is 4.84 Å². The summed E-state index contributed by atoms with van der Waals surface area (Å²) in [5.74, 6) is 1.12. The van der Waals surface area contributed by atoms with E-state index in [1.54, 1.807) is 0 Å². The van der Waals surface area contributed by atoms with E-state index in [0.717, 1.165) is 11.3 Å². The molecule has 0 fully saturated rings. The lowest BCUT2D eigenvalue weighted by atomic mass is 9.73. The van der Waals surface area contributed by atoms with Gasteiger partial charge in [-0.15, -0.1) is 0 Å². The van der Waals surface area contributed by atoms with Crippen molar-refractivity contribution in [3.8, 4) is 5.75 Å². The average molecular weight is 247 g/mol. The van der Waals surface area contributed by atoms with Crippen molar-refractivity contribution in [3.63, 3.8) is 0 Å². The molecule has 2 atom stereocenters. The van der Waals surface area contributed by atoms with E-state index in [0.29, 0.717) is 17.2 Å². The van der Waals surface area contributed by atoms with Crippen LogP contribution in [0.15, 0.2) is 24.3 Å². The van der Waals surface area contributed by atoms with Crippen molar-refractivity contribution in [1.82, 2.24) is 0 Å². The molecule has 4 heteroatoms. The van der Waals surface area contributed by atoms with Gasteiger partial charge in [0.1, 0.15) is 5.75 Å². The van der Waals surface area contributed by atoms with Crippen LogP contribution in [0.25, 0.3) is 0 Å². The predicted molar refractivity (Wildman–Crippen MR) is 67.6 cm³/mol. The van der Waals surface area contributed by atoms with Crippen molar-refractivity contribution in [2.24, 2.45) is 5.92 Å². The Morgan fingerprint density at radius 3 is 2.83 bits per heavy atom. The van der Waals surface area contributed by atoms with Gasteiger partial charge in [0.15, 0.2) is 0 Å². The highest BCUT2D eigenvalue weighted by atomic mass is 16.9. The molecule has 1 aromatic carbocycles. The van der Waals surface area contributed by atoms with Gasteiger partial charge in [0.05, 0.1) is 18.1 Å². The molecule has 0 aliphatic carbocycles. The summed E-state index contributed by atoms with van der Waals surface area (Å²) in [5, 5.41) is 11.9. The Morgan fingerprint density at radius 2 is 2.06 bits per heavy atom. The van der Waals surface area contributed by atoms with E-state index in [4.69, 9.17) is 9.57 Å². The van der Waals surface area contributed by atoms with Gasteiger partial charge in [-0.3, -0.25) is 5.21 Å². The van der Waals surface area contributed by atoms with Gasteiger partial charge in [-0.25, -0.2) is 0 Å². The third kappa shape index (κ3) is 1.48. The van der Waals surface area contributed by atoms with Gasteiger partial charge in [-0.2, -0.15) is 0 Å². The molecule has 2 heterocycles. The fourth-order valence-corrected chi connectivity index (χ4v) is 2.95. The number of fused-ring (bicyclic) bond motifs is 3. The maximum absolute atomic E-state index is 11.9. The third-order valence-corrected chi connectivity index (χ3v) is 4.02. The summed E-state index contributed by atoms with van der Waals surface area (Å²) in [5.41, 5.74) is 1.28. The van der Waals surface area contributed by atoms with Crippen LogP contribution in [-0.4, -0.2) is 22.8 Å². The van der Waals surface area contributed by atoms with Crippen molar-refractivity contribution in [1.29, 1.82) is 0 Å². The van der Waals surface area contributed by atoms with Gasteiger partial charge in [0.2, 0.25) is 5.71 Å². The fraction of sp³-hybridized carbons (Fsp3) is 0.500. The van der Waals surface area contributed by atoms with Crippen LogP contribution in [0.1, 0.15) is 32.3 Å². The maximum atomic E-state index is 11.9. The molecule has 96 valence electrons. The van der Waals surface area contributed by atoms with Crippen molar-refractivity contribution < 1.29 is 14.5 Å². The van der Waals surface area contributed by atoms with E-state index >= 15 is 0 Å². The molecule has 3 rings (SSSR count). The lowest BCUT2D eigenvalue weighted by Crippen LogP contribution is -2.52. The molecule has 0 saturated carbocycles. The molecule has 18 heavy (non-hydrogen) atoms. The topological polar surface area (TPSA) is 44.5 Å². The van der Waals surface area contributed by atoms with Gasteiger partial charge in [-0.1, -0.05) is 18.2 Å². The number of nitrogens with zero attached hydrogens (tertiary/aromatic N) is 1. The lowest BCUT2D eigenvalue weighted by molar-refractivity contribution is -0.774. The van der Waals surface area contributed by atoms with Gasteiger partial charge in [0, 0.05) is 23.3 Å². The predicted octanol–water partition coefficient (Wildman–Crippen LogP) is 2.47. The van der Waals surface area contributed by atoms with E-state index in [9.17, 15) is 5.21 Å². The Bertz CT molecular complexity index is 522. The van der Waals surface area contributed by atoms with Crippen molar-refractivity contribution >= 4 is 5.71 Å². The first kappa shape index (κ1) is 11.4. The zero-order valence-corrected chi connectivity index (χ0v) is 10.8. The Morgan fingerprint density at radius 1 is 1.33 bits per heavy atom. The Kier molecular flexibility index (Phi) is 2.30. The summed E-state index contributed by atoms with van der Waals surface area (Å²) in [4.78, 5) is 6.10. The maximum Gasteiger partial charge on any atom is 0.226 e. The quantitative estimate of drug-likeness (QED) is 0.661. The molecule has 2 unspecified atom stereocenters. The molecule has 1 aromatic rings. The zero-order valence-electron chi connectivity index (χ0n) is 10.8. The second-order valence-corrected chi connectivity index (χ2v) is 5.53. The minimum absolute atomic E-state index is 0.0798. The monoisotopic (exact) mass is 247 g/mol. The van der Waals surface area contributed by atoms with E-state index in [2.05, 4.69) is 0 Å². The standard InChI is InChI=1S/C14H17NO3/c1-9-13-10-6-4-5-7-12(10)17-8-11(13)14(2,3)18-15(9)16/h4-7,11,13H,8H2,1-3H3. The lowest BCUT2D eigenvalue weighted by Gasteiger charge is -2.45. The van der Waals surface area contributed by atoms with Crippen LogP contribution >= 0.6 is 0 Å². The summed E-state index contributed by atoms with van der Waals surface area (Å²) >= 11 is 0. The highest BCUT2D eigenvalue weighted by Gasteiger charge is 2.48. The molecule has 0 bridgehead atoms. The first-order valence-corrected chi connectivity index (χ1v) is 6.22. The molecule has 4 nitrogen and oxygen atoms in total. The van der Waals surface area contributed by atoms with Crippen LogP contribution in [0.5, 0.6) is 5.75 Å². The summed E-state index contributed by atoms with van der Waals surface area (Å²) in [6, 6.07) is 7.92. The van der Waals surface area contributed by atoms with Crippen molar-refractivity contribution in [2.75, 3.05) is 6.61 Å². The number of hydrogen-bond donors (Lipinski definition) is 0. The molecular formula is C14H17NO3. The van der Waals surface area contributed by atoms with Gasteiger partial charge in [0.25, 0.3) is 0 Å². The van der Waals surface area contributed by atoms with Gasteiger partial charge >= 0.3 is 0 Å². The molecule has 0 spiro atoms. The molecule has 0 N–H and O–H groups in total. The molecule has 0 amide bonds. The molecule has 2 aliphatic heterocycles. The van der Waals surface area contributed by atoms with Crippen molar-refractivity contribution in [2.45, 2.75) is 32.3 Å². The number of benzene rings is 1. The van der Waals surface area contributed by atoms with Crippen LogP contribution in [0.3, 0.4) is 0 Å². The SMILES string of the molecule is CC1=[N+]([O-])OC(C)(C)C2COc3ccccc3C12. The normalized spacial score (nSPS) is 28.8. The molecule has 2 aliphatic rings. The minimum atomic E-state index is -0.514. The second-order valence-electron chi connectivity index (χ2n) is 5.53. The molecule has 0 aromatic heterocycles. The number of hydrogen-bond acceptors (Lipinski definition) is 3. The first-order chi connectivity index (χ1) is 8.50. The van der Waals surface area contributed by atoms with E-state index in [-0.39, 0.29) is 11.8 Å².